The Morgan fingerprint density at radius 1 is 1.14 bits per heavy atom. The van der Waals surface area contributed by atoms with E-state index in [9.17, 15) is 0 Å². The van der Waals surface area contributed by atoms with Crippen LogP contribution in [0, 0.1) is 6.92 Å². The van der Waals surface area contributed by atoms with Gasteiger partial charge in [-0.3, -0.25) is 4.90 Å². The van der Waals surface area contributed by atoms with Gasteiger partial charge in [-0.2, -0.15) is 0 Å². The number of hydrogen-bond donors (Lipinski definition) is 0. The minimum absolute atomic E-state index is 0.348. The monoisotopic (exact) mass is 284 g/mol. The van der Waals surface area contributed by atoms with Gasteiger partial charge in [-0.05, 0) is 70.4 Å². The van der Waals surface area contributed by atoms with Crippen LogP contribution in [0.25, 0.3) is 0 Å². The molecule has 0 aromatic heterocycles. The lowest BCUT2D eigenvalue weighted by Gasteiger charge is -2.57. The first kappa shape index (κ1) is 13.8. The molecule has 2 heteroatoms. The summed E-state index contributed by atoms with van der Waals surface area (Å²) in [6, 6.07) is 8.61. The Morgan fingerprint density at radius 3 is 2.67 bits per heavy atom. The van der Waals surface area contributed by atoms with Crippen molar-refractivity contribution in [1.82, 2.24) is 9.80 Å². The highest BCUT2D eigenvalue weighted by atomic mass is 15.3. The van der Waals surface area contributed by atoms with Crippen LogP contribution in [0.1, 0.15) is 42.9 Å². The Bertz CT molecular complexity index is 546. The van der Waals surface area contributed by atoms with Crippen molar-refractivity contribution in [2.45, 2.75) is 57.0 Å². The van der Waals surface area contributed by atoms with Crippen molar-refractivity contribution in [2.75, 3.05) is 26.7 Å². The summed E-state index contributed by atoms with van der Waals surface area (Å²) in [5, 5.41) is 0. The summed E-state index contributed by atoms with van der Waals surface area (Å²) in [5.74, 6) is 0. The standard InChI is InChI=1S/C19H28N2/c1-14-6-7-15-13-17-18(21-9-4-5-10-21)19(2,16(15)12-14)8-11-20(17)3/h6-7,12,17-18H,4-5,8-11,13H2,1-3H3/t17-,18?,19+/m1/s1. The normalized spacial score (nSPS) is 36.7. The third kappa shape index (κ3) is 1.99. The van der Waals surface area contributed by atoms with Crippen LogP contribution >= 0.6 is 0 Å². The number of aryl methyl sites for hydroxylation is 1. The van der Waals surface area contributed by atoms with Crippen molar-refractivity contribution >= 4 is 0 Å². The number of rotatable bonds is 1. The fourth-order valence-electron chi connectivity index (χ4n) is 5.24. The smallest absolute Gasteiger partial charge is 0.0349 e. The zero-order valence-electron chi connectivity index (χ0n) is 13.7. The lowest BCUT2D eigenvalue weighted by molar-refractivity contribution is 0.00149. The molecule has 4 rings (SSSR count). The maximum Gasteiger partial charge on any atom is 0.0349 e. The SMILES string of the molecule is Cc1ccc2c(c1)[C@]1(C)CCN(C)[C@H](C2)C1N1CCCC1. The van der Waals surface area contributed by atoms with E-state index in [1.54, 1.807) is 11.1 Å². The molecule has 1 aliphatic carbocycles. The van der Waals surface area contributed by atoms with Gasteiger partial charge in [0.05, 0.1) is 0 Å². The van der Waals surface area contributed by atoms with E-state index in [2.05, 4.69) is 48.9 Å². The number of piperidine rings is 1. The fourth-order valence-corrected chi connectivity index (χ4v) is 5.24. The molecule has 3 aliphatic rings. The first-order valence-corrected chi connectivity index (χ1v) is 8.64. The van der Waals surface area contributed by atoms with Gasteiger partial charge in [0.15, 0.2) is 0 Å². The second kappa shape index (κ2) is 4.82. The van der Waals surface area contributed by atoms with Crippen LogP contribution < -0.4 is 0 Å². The minimum atomic E-state index is 0.348. The molecule has 2 bridgehead atoms. The summed E-state index contributed by atoms with van der Waals surface area (Å²) < 4.78 is 0. The van der Waals surface area contributed by atoms with Crippen LogP contribution in [-0.2, 0) is 11.8 Å². The van der Waals surface area contributed by atoms with E-state index >= 15 is 0 Å². The van der Waals surface area contributed by atoms with Gasteiger partial charge in [0, 0.05) is 17.5 Å². The number of hydrogen-bond acceptors (Lipinski definition) is 2. The van der Waals surface area contributed by atoms with Gasteiger partial charge in [-0.25, -0.2) is 0 Å². The van der Waals surface area contributed by atoms with Gasteiger partial charge >= 0.3 is 0 Å². The maximum absolute atomic E-state index is 2.81. The zero-order valence-corrected chi connectivity index (χ0v) is 13.7. The Hall–Kier alpha value is -0.860. The lowest BCUT2D eigenvalue weighted by atomic mass is 9.61. The van der Waals surface area contributed by atoms with E-state index in [1.807, 2.05) is 0 Å². The van der Waals surface area contributed by atoms with Crippen molar-refractivity contribution in [1.29, 1.82) is 0 Å². The highest BCUT2D eigenvalue weighted by molar-refractivity contribution is 5.43. The Labute approximate surface area is 129 Å². The van der Waals surface area contributed by atoms with Gasteiger partial charge < -0.3 is 4.90 Å². The van der Waals surface area contributed by atoms with Crippen molar-refractivity contribution in [3.63, 3.8) is 0 Å². The second-order valence-corrected chi connectivity index (χ2v) is 7.77. The zero-order chi connectivity index (χ0) is 14.6. The number of nitrogens with zero attached hydrogens (tertiary/aromatic N) is 2. The summed E-state index contributed by atoms with van der Waals surface area (Å²) >= 11 is 0. The minimum Gasteiger partial charge on any atom is -0.301 e. The molecule has 114 valence electrons. The van der Waals surface area contributed by atoms with Crippen LogP contribution in [-0.4, -0.2) is 48.6 Å². The second-order valence-electron chi connectivity index (χ2n) is 7.77. The van der Waals surface area contributed by atoms with Gasteiger partial charge in [-0.15, -0.1) is 0 Å². The highest BCUT2D eigenvalue weighted by Crippen LogP contribution is 2.47. The number of benzene rings is 1. The number of likely N-dealkylation sites (N-methyl/N-ethyl adjacent to an activating group) is 1. The quantitative estimate of drug-likeness (QED) is 0.782. The van der Waals surface area contributed by atoms with Crippen LogP contribution in [0.4, 0.5) is 0 Å². The molecule has 2 aliphatic heterocycles. The summed E-state index contributed by atoms with van der Waals surface area (Å²) in [4.78, 5) is 5.44. The Kier molecular flexibility index (Phi) is 3.16. The molecule has 1 unspecified atom stereocenters. The largest absolute Gasteiger partial charge is 0.301 e. The molecule has 2 heterocycles. The number of likely N-dealkylation sites (tertiary alicyclic amines) is 2. The summed E-state index contributed by atoms with van der Waals surface area (Å²) in [7, 11) is 2.34. The molecular weight excluding hydrogens is 256 g/mol. The van der Waals surface area contributed by atoms with Gasteiger partial charge in [0.25, 0.3) is 0 Å². The van der Waals surface area contributed by atoms with Crippen molar-refractivity contribution in [3.8, 4) is 0 Å². The third-order valence-corrected chi connectivity index (χ3v) is 6.41. The maximum atomic E-state index is 2.81. The van der Waals surface area contributed by atoms with Crippen LogP contribution in [0.2, 0.25) is 0 Å². The topological polar surface area (TPSA) is 6.48 Å². The third-order valence-electron chi connectivity index (χ3n) is 6.41. The van der Waals surface area contributed by atoms with E-state index < -0.39 is 0 Å². The predicted octanol–water partition coefficient (Wildman–Crippen LogP) is 2.98. The van der Waals surface area contributed by atoms with Crippen LogP contribution in [0.15, 0.2) is 18.2 Å². The molecule has 1 aromatic rings. The average Bonchev–Trinajstić information content (AvgIpc) is 2.98. The van der Waals surface area contributed by atoms with E-state index in [0.29, 0.717) is 17.5 Å². The summed E-state index contributed by atoms with van der Waals surface area (Å²) in [6.07, 6.45) is 5.33. The van der Waals surface area contributed by atoms with Gasteiger partial charge in [0.1, 0.15) is 0 Å². The Balaban J connectivity index is 1.83. The van der Waals surface area contributed by atoms with Crippen molar-refractivity contribution in [2.24, 2.45) is 0 Å². The molecule has 0 spiro atoms. The molecule has 0 radical (unpaired) electrons. The first-order chi connectivity index (χ1) is 10.1. The van der Waals surface area contributed by atoms with Crippen molar-refractivity contribution in [3.05, 3.63) is 34.9 Å². The molecule has 2 fully saturated rings. The average molecular weight is 284 g/mol. The molecule has 0 N–H and O–H groups in total. The van der Waals surface area contributed by atoms with E-state index in [4.69, 9.17) is 0 Å². The molecule has 0 amide bonds. The van der Waals surface area contributed by atoms with Crippen molar-refractivity contribution < 1.29 is 0 Å². The van der Waals surface area contributed by atoms with Gasteiger partial charge in [0.2, 0.25) is 0 Å². The highest BCUT2D eigenvalue weighted by Gasteiger charge is 2.52. The molecule has 2 saturated heterocycles. The van der Waals surface area contributed by atoms with E-state index in [0.717, 1.165) is 0 Å². The molecule has 2 nitrogen and oxygen atoms in total. The molecular formula is C19H28N2. The van der Waals surface area contributed by atoms with Crippen LogP contribution in [0.5, 0.6) is 0 Å². The summed E-state index contributed by atoms with van der Waals surface area (Å²) in [6.45, 7) is 8.67. The predicted molar refractivity (Wildman–Crippen MR) is 87.9 cm³/mol. The van der Waals surface area contributed by atoms with E-state index in [1.165, 1.54) is 50.9 Å². The van der Waals surface area contributed by atoms with Crippen LogP contribution in [0.3, 0.4) is 0 Å². The van der Waals surface area contributed by atoms with E-state index in [-0.39, 0.29) is 0 Å². The number of fused-ring (bicyclic) bond motifs is 4. The Morgan fingerprint density at radius 2 is 1.90 bits per heavy atom. The fraction of sp³-hybridized carbons (Fsp3) is 0.684. The van der Waals surface area contributed by atoms with Gasteiger partial charge in [-0.1, -0.05) is 30.7 Å². The molecule has 3 atom stereocenters. The summed E-state index contributed by atoms with van der Waals surface area (Å²) in [5.41, 5.74) is 5.03. The molecule has 0 saturated carbocycles. The lowest BCUT2D eigenvalue weighted by Crippen LogP contribution is -2.66. The first-order valence-electron chi connectivity index (χ1n) is 8.64. The molecule has 21 heavy (non-hydrogen) atoms. The molecule has 1 aromatic carbocycles.